The molecule has 28 heavy (non-hydrogen) atoms. The third kappa shape index (κ3) is 3.21. The van der Waals surface area contributed by atoms with Gasteiger partial charge in [-0.2, -0.15) is 0 Å². The topological polar surface area (TPSA) is 68.5 Å². The first kappa shape index (κ1) is 17.5. The average molecular weight is 392 g/mol. The third-order valence-electron chi connectivity index (χ3n) is 5.00. The Bertz CT molecular complexity index is 1170. The summed E-state index contributed by atoms with van der Waals surface area (Å²) in [6, 6.07) is 16.0. The van der Waals surface area contributed by atoms with Crippen molar-refractivity contribution in [2.24, 2.45) is 0 Å². The van der Waals surface area contributed by atoms with E-state index in [9.17, 15) is 4.79 Å². The highest BCUT2D eigenvalue weighted by molar-refractivity contribution is 7.99. The second-order valence-electron chi connectivity index (χ2n) is 6.90. The average Bonchev–Trinajstić information content (AvgIpc) is 3.38. The molecule has 1 saturated heterocycles. The number of ether oxygens (including phenoxy) is 1. The lowest BCUT2D eigenvalue weighted by molar-refractivity contribution is -0.119. The Kier molecular flexibility index (Phi) is 4.62. The Labute approximate surface area is 166 Å². The van der Waals surface area contributed by atoms with Gasteiger partial charge in [0.25, 0.3) is 0 Å². The molecule has 1 aliphatic heterocycles. The van der Waals surface area contributed by atoms with E-state index in [0.717, 1.165) is 52.2 Å². The van der Waals surface area contributed by atoms with E-state index >= 15 is 0 Å². The summed E-state index contributed by atoms with van der Waals surface area (Å²) in [6.45, 7) is 1.37. The molecule has 6 nitrogen and oxygen atoms in total. The third-order valence-corrected chi connectivity index (χ3v) is 5.93. The minimum Gasteiger partial charge on any atom is -0.376 e. The largest absolute Gasteiger partial charge is 0.376 e. The Balaban J connectivity index is 1.46. The summed E-state index contributed by atoms with van der Waals surface area (Å²) < 4.78 is 7.61. The van der Waals surface area contributed by atoms with Crippen molar-refractivity contribution in [3.63, 3.8) is 0 Å². The van der Waals surface area contributed by atoms with Crippen LogP contribution >= 0.6 is 11.8 Å². The first-order chi connectivity index (χ1) is 13.8. The minimum atomic E-state index is -0.00645. The van der Waals surface area contributed by atoms with Gasteiger partial charge in [0.2, 0.25) is 5.91 Å². The number of imidazole rings is 1. The van der Waals surface area contributed by atoms with E-state index in [2.05, 4.69) is 9.72 Å². The van der Waals surface area contributed by atoms with E-state index in [1.165, 1.54) is 11.8 Å². The number of fused-ring (bicyclic) bond motifs is 5. The van der Waals surface area contributed by atoms with Crippen LogP contribution in [0.25, 0.3) is 27.6 Å². The Hall–Kier alpha value is -2.64. The quantitative estimate of drug-likeness (QED) is 0.416. The standard InChI is InChI=1S/C21H20N4O2S/c26-19(22-12-14-6-5-11-27-14)13-28-21-24-16-8-2-1-7-15(16)20-23-17-9-3-4-10-18(17)25(20)21/h1-4,7-10,14H,5-6,11-13H2,(H,22,26)/t14-/m1/s1. The van der Waals surface area contributed by atoms with Crippen LogP contribution in [0.2, 0.25) is 0 Å². The van der Waals surface area contributed by atoms with Gasteiger partial charge in [-0.25, -0.2) is 9.97 Å². The monoisotopic (exact) mass is 392 g/mol. The molecule has 2 aromatic heterocycles. The van der Waals surface area contributed by atoms with Gasteiger partial charge in [0.05, 0.1) is 28.4 Å². The van der Waals surface area contributed by atoms with Gasteiger partial charge in [0.1, 0.15) is 5.65 Å². The second kappa shape index (κ2) is 7.41. The van der Waals surface area contributed by atoms with Crippen molar-refractivity contribution in [2.45, 2.75) is 24.1 Å². The van der Waals surface area contributed by atoms with Crippen LogP contribution in [0.15, 0.2) is 53.7 Å². The first-order valence-corrected chi connectivity index (χ1v) is 10.5. The Morgan fingerprint density at radius 1 is 1.14 bits per heavy atom. The van der Waals surface area contributed by atoms with E-state index in [4.69, 9.17) is 14.7 Å². The summed E-state index contributed by atoms with van der Waals surface area (Å²) >= 11 is 1.43. The van der Waals surface area contributed by atoms with Crippen LogP contribution < -0.4 is 5.32 Å². The Morgan fingerprint density at radius 3 is 2.82 bits per heavy atom. The zero-order valence-corrected chi connectivity index (χ0v) is 16.1. The number of benzene rings is 2. The van der Waals surface area contributed by atoms with Crippen LogP contribution in [0, 0.1) is 0 Å². The maximum Gasteiger partial charge on any atom is 0.230 e. The van der Waals surface area contributed by atoms with E-state index in [-0.39, 0.29) is 12.0 Å². The zero-order chi connectivity index (χ0) is 18.9. The van der Waals surface area contributed by atoms with Gasteiger partial charge in [-0.1, -0.05) is 36.0 Å². The molecular weight excluding hydrogens is 372 g/mol. The molecule has 1 N–H and O–H groups in total. The van der Waals surface area contributed by atoms with Gasteiger partial charge in [-0.15, -0.1) is 0 Å². The predicted molar refractivity (Wildman–Crippen MR) is 111 cm³/mol. The number of amides is 1. The number of carbonyl (C=O) groups is 1. The molecule has 4 aromatic rings. The van der Waals surface area contributed by atoms with Crippen LogP contribution in [-0.2, 0) is 9.53 Å². The number of hydrogen-bond donors (Lipinski definition) is 1. The van der Waals surface area contributed by atoms with E-state index in [0.29, 0.717) is 12.3 Å². The van der Waals surface area contributed by atoms with Gasteiger partial charge < -0.3 is 10.1 Å². The van der Waals surface area contributed by atoms with Crippen LogP contribution in [0.4, 0.5) is 0 Å². The number of nitrogens with one attached hydrogen (secondary N) is 1. The number of carbonyl (C=O) groups excluding carboxylic acids is 1. The summed E-state index contributed by atoms with van der Waals surface area (Å²) in [5, 5.41) is 4.75. The summed E-state index contributed by atoms with van der Waals surface area (Å²) in [5.41, 5.74) is 3.67. The fourth-order valence-corrected chi connectivity index (χ4v) is 4.46. The fraction of sp³-hybridized carbons (Fsp3) is 0.286. The molecule has 1 atom stereocenters. The SMILES string of the molecule is O=C(CSc1nc2ccccc2c2nc3ccccc3n12)NC[C@H]1CCCO1. The molecule has 5 rings (SSSR count). The maximum absolute atomic E-state index is 12.3. The number of para-hydroxylation sites is 3. The normalized spacial score (nSPS) is 16.9. The molecule has 7 heteroatoms. The van der Waals surface area contributed by atoms with E-state index in [1.807, 2.05) is 48.5 Å². The van der Waals surface area contributed by atoms with Crippen LogP contribution in [-0.4, -0.2) is 45.3 Å². The number of rotatable bonds is 5. The van der Waals surface area contributed by atoms with Gasteiger partial charge in [-0.3, -0.25) is 9.20 Å². The summed E-state index contributed by atoms with van der Waals surface area (Å²) in [6.07, 6.45) is 2.24. The molecule has 142 valence electrons. The molecule has 0 saturated carbocycles. The van der Waals surface area contributed by atoms with Crippen molar-refractivity contribution in [1.82, 2.24) is 19.7 Å². The summed E-state index contributed by atoms with van der Waals surface area (Å²) in [5.74, 6) is 0.299. The van der Waals surface area contributed by atoms with Gasteiger partial charge in [0.15, 0.2) is 5.16 Å². The van der Waals surface area contributed by atoms with Crippen molar-refractivity contribution < 1.29 is 9.53 Å². The van der Waals surface area contributed by atoms with Crippen molar-refractivity contribution in [3.05, 3.63) is 48.5 Å². The fourth-order valence-electron chi connectivity index (χ4n) is 3.62. The highest BCUT2D eigenvalue weighted by Crippen LogP contribution is 2.28. The molecule has 1 amide bonds. The Morgan fingerprint density at radius 2 is 1.96 bits per heavy atom. The summed E-state index contributed by atoms with van der Waals surface area (Å²) in [4.78, 5) is 22.0. The lowest BCUT2D eigenvalue weighted by Crippen LogP contribution is -2.32. The molecule has 0 bridgehead atoms. The number of hydrogen-bond acceptors (Lipinski definition) is 5. The minimum absolute atomic E-state index is 0.00645. The molecule has 0 unspecified atom stereocenters. The molecule has 0 aliphatic carbocycles. The molecule has 0 spiro atoms. The number of thioether (sulfide) groups is 1. The molecular formula is C21H20N4O2S. The molecule has 0 radical (unpaired) electrons. The van der Waals surface area contributed by atoms with Crippen molar-refractivity contribution in [1.29, 1.82) is 0 Å². The lowest BCUT2D eigenvalue weighted by atomic mass is 10.2. The molecule has 1 aliphatic rings. The van der Waals surface area contributed by atoms with E-state index in [1.54, 1.807) is 0 Å². The summed E-state index contributed by atoms with van der Waals surface area (Å²) in [7, 11) is 0. The second-order valence-corrected chi connectivity index (χ2v) is 7.84. The van der Waals surface area contributed by atoms with Crippen molar-refractivity contribution >= 4 is 45.3 Å². The molecule has 2 aromatic carbocycles. The number of aromatic nitrogens is 3. The smallest absolute Gasteiger partial charge is 0.230 e. The van der Waals surface area contributed by atoms with Crippen molar-refractivity contribution in [3.8, 4) is 0 Å². The highest BCUT2D eigenvalue weighted by atomic mass is 32.2. The van der Waals surface area contributed by atoms with Crippen LogP contribution in [0.5, 0.6) is 0 Å². The first-order valence-electron chi connectivity index (χ1n) is 9.46. The van der Waals surface area contributed by atoms with Gasteiger partial charge >= 0.3 is 0 Å². The van der Waals surface area contributed by atoms with Gasteiger partial charge in [-0.05, 0) is 37.1 Å². The maximum atomic E-state index is 12.3. The molecule has 1 fully saturated rings. The van der Waals surface area contributed by atoms with Crippen LogP contribution in [0.3, 0.4) is 0 Å². The van der Waals surface area contributed by atoms with Crippen molar-refractivity contribution in [2.75, 3.05) is 18.9 Å². The van der Waals surface area contributed by atoms with E-state index < -0.39 is 0 Å². The van der Waals surface area contributed by atoms with Crippen LogP contribution in [0.1, 0.15) is 12.8 Å². The predicted octanol–water partition coefficient (Wildman–Crippen LogP) is 3.42. The zero-order valence-electron chi connectivity index (χ0n) is 15.3. The number of nitrogens with zero attached hydrogens (tertiary/aromatic N) is 3. The van der Waals surface area contributed by atoms with Gasteiger partial charge in [0, 0.05) is 18.5 Å². The highest BCUT2D eigenvalue weighted by Gasteiger charge is 2.18. The molecule has 3 heterocycles. The lowest BCUT2D eigenvalue weighted by Gasteiger charge is -2.11.